The van der Waals surface area contributed by atoms with Crippen molar-refractivity contribution in [2.45, 2.75) is 24.8 Å². The number of hydrogen-bond acceptors (Lipinski definition) is 4. The first kappa shape index (κ1) is 15.7. The number of nitrogens with one attached hydrogen (secondary N) is 1. The van der Waals surface area contributed by atoms with Crippen LogP contribution in [0, 0.1) is 6.92 Å². The molecule has 0 spiro atoms. The van der Waals surface area contributed by atoms with Gasteiger partial charge in [0.25, 0.3) is 0 Å². The van der Waals surface area contributed by atoms with Crippen LogP contribution in [0.25, 0.3) is 0 Å². The molecular weight excluding hydrogens is 288 g/mol. The highest BCUT2D eigenvalue weighted by atomic mass is 32.2. The lowest BCUT2D eigenvalue weighted by atomic mass is 10.1. The Balaban J connectivity index is 2.05. The van der Waals surface area contributed by atoms with Crippen LogP contribution in [0.4, 0.5) is 0 Å². The summed E-state index contributed by atoms with van der Waals surface area (Å²) in [6.45, 7) is 2.57. The molecule has 21 heavy (non-hydrogen) atoms. The molecule has 0 saturated heterocycles. The summed E-state index contributed by atoms with van der Waals surface area (Å²) in [6, 6.07) is 4.98. The molecule has 2 rings (SSSR count). The molecule has 0 aliphatic heterocycles. The number of aryl methyl sites for hydroxylation is 2. The summed E-state index contributed by atoms with van der Waals surface area (Å²) in [5.41, 5.74) is 7.41. The van der Waals surface area contributed by atoms with Crippen molar-refractivity contribution in [2.24, 2.45) is 12.8 Å². The number of aromatic nitrogens is 2. The van der Waals surface area contributed by atoms with Crippen LogP contribution in [0.1, 0.15) is 17.0 Å². The predicted octanol–water partition coefficient (Wildman–Crippen LogP) is 0.708. The second kappa shape index (κ2) is 6.38. The van der Waals surface area contributed by atoms with Gasteiger partial charge < -0.3 is 10.3 Å². The first-order valence-corrected chi connectivity index (χ1v) is 8.18. The average molecular weight is 308 g/mol. The smallest absolute Gasteiger partial charge is 0.240 e. The van der Waals surface area contributed by atoms with Crippen molar-refractivity contribution in [3.63, 3.8) is 0 Å². The van der Waals surface area contributed by atoms with Gasteiger partial charge in [0.15, 0.2) is 0 Å². The highest BCUT2D eigenvalue weighted by Crippen LogP contribution is 2.15. The lowest BCUT2D eigenvalue weighted by Crippen LogP contribution is -2.26. The first-order valence-electron chi connectivity index (χ1n) is 6.69. The van der Waals surface area contributed by atoms with E-state index in [1.54, 1.807) is 24.4 Å². The molecule has 3 N–H and O–H groups in total. The molecule has 114 valence electrons. The molecule has 0 saturated carbocycles. The van der Waals surface area contributed by atoms with Crippen LogP contribution in [-0.2, 0) is 30.0 Å². The second-order valence-corrected chi connectivity index (χ2v) is 6.66. The molecule has 0 fully saturated rings. The van der Waals surface area contributed by atoms with Gasteiger partial charge in [0.05, 0.1) is 4.90 Å². The van der Waals surface area contributed by atoms with Gasteiger partial charge in [-0.1, -0.05) is 6.07 Å². The standard InChI is InChI=1S/C14H20N4O2S/c1-11-9-13(4-3-12(11)10-15)21(19,20)17-6-5-14-16-7-8-18(14)2/h3-4,7-9,17H,5-6,10,15H2,1-2H3. The van der Waals surface area contributed by atoms with E-state index in [9.17, 15) is 8.42 Å². The Bertz CT molecular complexity index is 722. The average Bonchev–Trinajstić information content (AvgIpc) is 2.84. The maximum Gasteiger partial charge on any atom is 0.240 e. The van der Waals surface area contributed by atoms with Crippen molar-refractivity contribution in [3.8, 4) is 0 Å². The number of hydrogen-bond donors (Lipinski definition) is 2. The molecule has 2 aromatic rings. The molecule has 1 heterocycles. The van der Waals surface area contributed by atoms with E-state index in [2.05, 4.69) is 9.71 Å². The maximum absolute atomic E-state index is 12.2. The third kappa shape index (κ3) is 3.69. The maximum atomic E-state index is 12.2. The monoisotopic (exact) mass is 308 g/mol. The summed E-state index contributed by atoms with van der Waals surface area (Å²) in [5.74, 6) is 0.840. The zero-order chi connectivity index (χ0) is 15.5. The Kier molecular flexibility index (Phi) is 4.76. The number of nitrogens with two attached hydrogens (primary N) is 1. The zero-order valence-electron chi connectivity index (χ0n) is 12.2. The number of imidazole rings is 1. The molecule has 0 unspecified atom stereocenters. The van der Waals surface area contributed by atoms with E-state index in [1.807, 2.05) is 24.7 Å². The third-order valence-electron chi connectivity index (χ3n) is 3.41. The van der Waals surface area contributed by atoms with E-state index >= 15 is 0 Å². The molecule has 0 aliphatic rings. The van der Waals surface area contributed by atoms with Crippen LogP contribution in [0.2, 0.25) is 0 Å². The Morgan fingerprint density at radius 3 is 2.71 bits per heavy atom. The minimum Gasteiger partial charge on any atom is -0.338 e. The van der Waals surface area contributed by atoms with E-state index in [0.29, 0.717) is 19.5 Å². The largest absolute Gasteiger partial charge is 0.338 e. The molecule has 0 bridgehead atoms. The Labute approximate surface area is 125 Å². The quantitative estimate of drug-likeness (QED) is 0.822. The summed E-state index contributed by atoms with van der Waals surface area (Å²) >= 11 is 0. The van der Waals surface area contributed by atoms with Crippen molar-refractivity contribution in [2.75, 3.05) is 6.54 Å². The lowest BCUT2D eigenvalue weighted by molar-refractivity contribution is 0.580. The molecule has 1 aromatic heterocycles. The van der Waals surface area contributed by atoms with Crippen molar-refractivity contribution in [3.05, 3.63) is 47.5 Å². The zero-order valence-corrected chi connectivity index (χ0v) is 13.0. The molecule has 0 amide bonds. The minimum atomic E-state index is -3.50. The van der Waals surface area contributed by atoms with E-state index in [0.717, 1.165) is 17.0 Å². The fourth-order valence-electron chi connectivity index (χ4n) is 2.08. The Morgan fingerprint density at radius 2 is 2.14 bits per heavy atom. The summed E-state index contributed by atoms with van der Waals surface area (Å²) < 4.78 is 28.9. The number of benzene rings is 1. The van der Waals surface area contributed by atoms with Crippen molar-refractivity contribution < 1.29 is 8.42 Å². The topological polar surface area (TPSA) is 90.0 Å². The van der Waals surface area contributed by atoms with Gasteiger partial charge >= 0.3 is 0 Å². The van der Waals surface area contributed by atoms with Gasteiger partial charge in [-0.15, -0.1) is 0 Å². The molecule has 0 atom stereocenters. The molecule has 7 heteroatoms. The normalized spacial score (nSPS) is 11.8. The van der Waals surface area contributed by atoms with E-state index in [-0.39, 0.29) is 4.90 Å². The third-order valence-corrected chi connectivity index (χ3v) is 4.86. The molecule has 0 radical (unpaired) electrons. The van der Waals surface area contributed by atoms with Crippen LogP contribution in [0.3, 0.4) is 0 Å². The van der Waals surface area contributed by atoms with Gasteiger partial charge in [-0.3, -0.25) is 0 Å². The van der Waals surface area contributed by atoms with Crippen molar-refractivity contribution >= 4 is 10.0 Å². The molecule has 1 aromatic carbocycles. The predicted molar refractivity (Wildman–Crippen MR) is 81.2 cm³/mol. The van der Waals surface area contributed by atoms with Gasteiger partial charge in [0, 0.05) is 39.0 Å². The number of sulfonamides is 1. The van der Waals surface area contributed by atoms with E-state index in [1.165, 1.54) is 0 Å². The number of nitrogens with zero attached hydrogens (tertiary/aromatic N) is 2. The van der Waals surface area contributed by atoms with Crippen LogP contribution < -0.4 is 10.5 Å². The Morgan fingerprint density at radius 1 is 1.38 bits per heavy atom. The van der Waals surface area contributed by atoms with E-state index < -0.39 is 10.0 Å². The van der Waals surface area contributed by atoms with Crippen LogP contribution >= 0.6 is 0 Å². The van der Waals surface area contributed by atoms with Gasteiger partial charge in [-0.25, -0.2) is 18.1 Å². The van der Waals surface area contributed by atoms with Crippen molar-refractivity contribution in [1.29, 1.82) is 0 Å². The Hall–Kier alpha value is -1.70. The van der Waals surface area contributed by atoms with Gasteiger partial charge in [-0.05, 0) is 30.2 Å². The molecular formula is C14H20N4O2S. The summed E-state index contributed by atoms with van der Waals surface area (Å²) in [6.07, 6.45) is 4.07. The second-order valence-electron chi connectivity index (χ2n) is 4.89. The van der Waals surface area contributed by atoms with Gasteiger partial charge in [0.2, 0.25) is 10.0 Å². The first-order chi connectivity index (χ1) is 9.94. The van der Waals surface area contributed by atoms with Crippen LogP contribution in [0.15, 0.2) is 35.5 Å². The minimum absolute atomic E-state index is 0.261. The highest BCUT2D eigenvalue weighted by molar-refractivity contribution is 7.89. The summed E-state index contributed by atoms with van der Waals surface area (Å²) in [5, 5.41) is 0. The lowest BCUT2D eigenvalue weighted by Gasteiger charge is -2.09. The van der Waals surface area contributed by atoms with Crippen LogP contribution in [0.5, 0.6) is 0 Å². The highest BCUT2D eigenvalue weighted by Gasteiger charge is 2.14. The van der Waals surface area contributed by atoms with E-state index in [4.69, 9.17) is 5.73 Å². The van der Waals surface area contributed by atoms with Crippen LogP contribution in [-0.4, -0.2) is 24.5 Å². The summed E-state index contributed by atoms with van der Waals surface area (Å²) in [4.78, 5) is 4.42. The molecule has 6 nitrogen and oxygen atoms in total. The SMILES string of the molecule is Cc1cc(S(=O)(=O)NCCc2nccn2C)ccc1CN. The fraction of sp³-hybridized carbons (Fsp3) is 0.357. The summed E-state index contributed by atoms with van der Waals surface area (Å²) in [7, 11) is -1.62. The van der Waals surface area contributed by atoms with Crippen molar-refractivity contribution in [1.82, 2.24) is 14.3 Å². The fourth-order valence-corrected chi connectivity index (χ4v) is 3.20. The number of rotatable bonds is 6. The van der Waals surface area contributed by atoms with Gasteiger partial charge in [-0.2, -0.15) is 0 Å². The molecule has 0 aliphatic carbocycles. The van der Waals surface area contributed by atoms with Gasteiger partial charge in [0.1, 0.15) is 5.82 Å².